The van der Waals surface area contributed by atoms with Crippen LogP contribution >= 0.6 is 0 Å². The minimum atomic E-state index is -5.04. The molecule has 0 saturated carbocycles. The molecule has 0 bridgehead atoms. The SMILES string of the molecule is C=C(CC(=O)O[C@H](C)CCCCCC)C(=O)O[C@@H](CC(=O)O)C(F)(F)F. The molecule has 2 atom stereocenters. The van der Waals surface area contributed by atoms with E-state index in [1.165, 1.54) is 0 Å². The maximum Gasteiger partial charge on any atom is 0.426 e. The van der Waals surface area contributed by atoms with E-state index in [4.69, 9.17) is 9.84 Å². The van der Waals surface area contributed by atoms with Crippen molar-refractivity contribution in [1.82, 2.24) is 0 Å². The highest BCUT2D eigenvalue weighted by molar-refractivity contribution is 5.93. The molecular weight excluding hydrogens is 357 g/mol. The summed E-state index contributed by atoms with van der Waals surface area (Å²) in [5.74, 6) is -4.07. The van der Waals surface area contributed by atoms with Crippen molar-refractivity contribution < 1.29 is 42.1 Å². The fourth-order valence-electron chi connectivity index (χ4n) is 2.03. The summed E-state index contributed by atoms with van der Waals surface area (Å²) in [4.78, 5) is 33.8. The lowest BCUT2D eigenvalue weighted by Crippen LogP contribution is -2.36. The number of esters is 2. The maximum atomic E-state index is 12.7. The number of carbonyl (C=O) groups excluding carboxylic acids is 2. The number of aliphatic carboxylic acids is 1. The van der Waals surface area contributed by atoms with E-state index in [9.17, 15) is 27.6 Å². The predicted octanol–water partition coefficient (Wildman–Crippen LogP) is 3.78. The molecule has 0 radical (unpaired) electrons. The lowest BCUT2D eigenvalue weighted by molar-refractivity contribution is -0.222. The van der Waals surface area contributed by atoms with Crippen LogP contribution in [0.1, 0.15) is 58.8 Å². The van der Waals surface area contributed by atoms with Crippen LogP contribution in [0.3, 0.4) is 0 Å². The third kappa shape index (κ3) is 10.7. The number of alkyl halides is 3. The first-order valence-electron chi connectivity index (χ1n) is 8.34. The summed E-state index contributed by atoms with van der Waals surface area (Å²) in [7, 11) is 0. The molecule has 0 amide bonds. The van der Waals surface area contributed by atoms with Gasteiger partial charge in [-0.3, -0.25) is 9.59 Å². The van der Waals surface area contributed by atoms with Gasteiger partial charge in [0.2, 0.25) is 6.10 Å². The molecule has 0 aliphatic rings. The molecule has 26 heavy (non-hydrogen) atoms. The summed E-state index contributed by atoms with van der Waals surface area (Å²) >= 11 is 0. The quantitative estimate of drug-likeness (QED) is 0.314. The second-order valence-corrected chi connectivity index (χ2v) is 5.96. The molecule has 1 N–H and O–H groups in total. The molecule has 0 heterocycles. The van der Waals surface area contributed by atoms with Gasteiger partial charge in [0.05, 0.1) is 18.9 Å². The Kier molecular flexibility index (Phi) is 10.6. The topological polar surface area (TPSA) is 89.9 Å². The van der Waals surface area contributed by atoms with Gasteiger partial charge >= 0.3 is 24.1 Å². The molecule has 0 unspecified atom stereocenters. The van der Waals surface area contributed by atoms with Gasteiger partial charge in [-0.1, -0.05) is 32.8 Å². The largest absolute Gasteiger partial charge is 0.481 e. The highest BCUT2D eigenvalue weighted by atomic mass is 19.4. The monoisotopic (exact) mass is 382 g/mol. The second-order valence-electron chi connectivity index (χ2n) is 5.96. The molecule has 0 aromatic carbocycles. The van der Waals surface area contributed by atoms with Gasteiger partial charge < -0.3 is 14.6 Å². The lowest BCUT2D eigenvalue weighted by atomic mass is 10.1. The first kappa shape index (κ1) is 23.9. The van der Waals surface area contributed by atoms with Gasteiger partial charge in [0.15, 0.2) is 0 Å². The summed E-state index contributed by atoms with van der Waals surface area (Å²) in [6, 6.07) is 0. The summed E-state index contributed by atoms with van der Waals surface area (Å²) in [5.41, 5.74) is -0.534. The van der Waals surface area contributed by atoms with E-state index in [1.807, 2.05) is 0 Å². The third-order valence-electron chi connectivity index (χ3n) is 3.42. The minimum absolute atomic E-state index is 0.391. The smallest absolute Gasteiger partial charge is 0.426 e. The van der Waals surface area contributed by atoms with E-state index in [1.54, 1.807) is 6.92 Å². The Balaban J connectivity index is 4.44. The van der Waals surface area contributed by atoms with Crippen LogP contribution in [0.4, 0.5) is 13.2 Å². The number of halogens is 3. The van der Waals surface area contributed by atoms with Crippen molar-refractivity contribution in [3.05, 3.63) is 12.2 Å². The zero-order valence-electron chi connectivity index (χ0n) is 14.9. The van der Waals surface area contributed by atoms with Gasteiger partial charge in [-0.15, -0.1) is 0 Å². The van der Waals surface area contributed by atoms with E-state index in [0.29, 0.717) is 6.42 Å². The van der Waals surface area contributed by atoms with Crippen LogP contribution in [0.15, 0.2) is 12.2 Å². The molecule has 0 aromatic heterocycles. The normalized spacial score (nSPS) is 13.6. The summed E-state index contributed by atoms with van der Waals surface area (Å²) in [6.45, 7) is 6.95. The van der Waals surface area contributed by atoms with Crippen molar-refractivity contribution in [3.63, 3.8) is 0 Å². The fourth-order valence-corrected chi connectivity index (χ4v) is 2.03. The zero-order chi connectivity index (χ0) is 20.3. The predicted molar refractivity (Wildman–Crippen MR) is 86.3 cm³/mol. The zero-order valence-corrected chi connectivity index (χ0v) is 14.9. The van der Waals surface area contributed by atoms with Gasteiger partial charge in [0, 0.05) is 5.57 Å². The summed E-state index contributed by atoms with van der Waals surface area (Å²) in [6.07, 6.45) is -5.66. The van der Waals surface area contributed by atoms with Crippen LogP contribution in [0, 0.1) is 0 Å². The number of rotatable bonds is 12. The van der Waals surface area contributed by atoms with Crippen LogP contribution in [0.5, 0.6) is 0 Å². The number of unbranched alkanes of at least 4 members (excludes halogenated alkanes) is 3. The average molecular weight is 382 g/mol. The molecule has 150 valence electrons. The molecule has 0 saturated heterocycles. The first-order chi connectivity index (χ1) is 12.0. The molecule has 0 spiro atoms. The number of carbonyl (C=O) groups is 3. The second kappa shape index (κ2) is 11.5. The highest BCUT2D eigenvalue weighted by Gasteiger charge is 2.44. The van der Waals surface area contributed by atoms with Crippen molar-refractivity contribution in [2.24, 2.45) is 0 Å². The maximum absolute atomic E-state index is 12.7. The van der Waals surface area contributed by atoms with Crippen molar-refractivity contribution in [3.8, 4) is 0 Å². The molecule has 0 aliphatic heterocycles. The third-order valence-corrected chi connectivity index (χ3v) is 3.42. The first-order valence-corrected chi connectivity index (χ1v) is 8.34. The lowest BCUT2D eigenvalue weighted by Gasteiger charge is -2.19. The standard InChI is InChI=1S/C17H25F3O6/c1-4-5-6-7-8-12(3)25-15(23)9-11(2)16(24)26-13(10-14(21)22)17(18,19)20/h12-13H,2,4-10H2,1,3H3,(H,21,22)/t12-,13+/m1/s1. The Bertz CT molecular complexity index is 501. The number of ether oxygens (including phenoxy) is 2. The van der Waals surface area contributed by atoms with Crippen molar-refractivity contribution in [2.75, 3.05) is 0 Å². The van der Waals surface area contributed by atoms with Gasteiger partial charge in [0.25, 0.3) is 0 Å². The number of hydrogen-bond donors (Lipinski definition) is 1. The molecule has 0 aliphatic carbocycles. The van der Waals surface area contributed by atoms with Gasteiger partial charge in [-0.2, -0.15) is 13.2 Å². The average Bonchev–Trinajstić information content (AvgIpc) is 2.49. The van der Waals surface area contributed by atoms with E-state index in [2.05, 4.69) is 18.2 Å². The summed E-state index contributed by atoms with van der Waals surface area (Å²) in [5, 5.41) is 8.46. The van der Waals surface area contributed by atoms with Crippen LogP contribution < -0.4 is 0 Å². The number of carboxylic acids is 1. The van der Waals surface area contributed by atoms with Gasteiger partial charge in [0.1, 0.15) is 0 Å². The Labute approximate surface area is 150 Å². The van der Waals surface area contributed by atoms with Gasteiger partial charge in [-0.05, 0) is 19.8 Å². The van der Waals surface area contributed by atoms with Crippen molar-refractivity contribution in [1.29, 1.82) is 0 Å². The van der Waals surface area contributed by atoms with Crippen LogP contribution in [0.2, 0.25) is 0 Å². The van der Waals surface area contributed by atoms with E-state index >= 15 is 0 Å². The van der Waals surface area contributed by atoms with Crippen LogP contribution in [-0.4, -0.2) is 41.4 Å². The van der Waals surface area contributed by atoms with E-state index in [-0.39, 0.29) is 0 Å². The highest BCUT2D eigenvalue weighted by Crippen LogP contribution is 2.26. The van der Waals surface area contributed by atoms with E-state index in [0.717, 1.165) is 25.7 Å². The van der Waals surface area contributed by atoms with Crippen LogP contribution in [-0.2, 0) is 23.9 Å². The number of hydrogen-bond acceptors (Lipinski definition) is 5. The molecule has 0 aromatic rings. The minimum Gasteiger partial charge on any atom is -0.481 e. The van der Waals surface area contributed by atoms with E-state index < -0.39 is 54.7 Å². The number of carboxylic acid groups (broad SMARTS) is 1. The van der Waals surface area contributed by atoms with Crippen molar-refractivity contribution in [2.45, 2.75) is 77.2 Å². The Morgan fingerprint density at radius 3 is 2.23 bits per heavy atom. The van der Waals surface area contributed by atoms with Gasteiger partial charge in [-0.25, -0.2) is 4.79 Å². The fraction of sp³-hybridized carbons (Fsp3) is 0.706. The molecule has 6 nitrogen and oxygen atoms in total. The molecule has 0 fully saturated rings. The summed E-state index contributed by atoms with van der Waals surface area (Å²) < 4.78 is 47.1. The van der Waals surface area contributed by atoms with Crippen molar-refractivity contribution >= 4 is 17.9 Å². The molecular formula is C17H25F3O6. The molecule has 0 rings (SSSR count). The Hall–Kier alpha value is -2.06. The molecule has 9 heteroatoms. The van der Waals surface area contributed by atoms with Crippen LogP contribution in [0.25, 0.3) is 0 Å². The Morgan fingerprint density at radius 1 is 1.12 bits per heavy atom. The Morgan fingerprint density at radius 2 is 1.73 bits per heavy atom.